The summed E-state index contributed by atoms with van der Waals surface area (Å²) in [7, 11) is 3.69. The Hall–Kier alpha value is -0.610. The first-order valence-corrected chi connectivity index (χ1v) is 7.19. The molecule has 2 heterocycles. The molecule has 0 aromatic carbocycles. The molecule has 2 aliphatic rings. The molecule has 0 spiro atoms. The fraction of sp³-hybridized carbons (Fsp3) is 0.929. The molecule has 2 fully saturated rings. The maximum atomic E-state index is 12.2. The molecular formula is C14H26N2O2. The summed E-state index contributed by atoms with van der Waals surface area (Å²) in [6, 6.07) is 0. The van der Waals surface area contributed by atoms with Crippen molar-refractivity contribution in [1.82, 2.24) is 10.2 Å². The molecule has 2 rings (SSSR count). The largest absolute Gasteiger partial charge is 0.469 e. The van der Waals surface area contributed by atoms with E-state index in [2.05, 4.69) is 17.3 Å². The van der Waals surface area contributed by atoms with Gasteiger partial charge in [-0.1, -0.05) is 0 Å². The normalized spacial score (nSPS) is 28.9. The number of hydrogen-bond donors (Lipinski definition) is 1. The van der Waals surface area contributed by atoms with E-state index in [-0.39, 0.29) is 11.9 Å². The van der Waals surface area contributed by atoms with Crippen LogP contribution < -0.4 is 5.32 Å². The second-order valence-corrected chi connectivity index (χ2v) is 5.80. The fourth-order valence-electron chi connectivity index (χ4n) is 3.61. The SMILES string of the molecule is COC(=O)C(C1CCNCC1)C1CCCN(C)C1. The maximum Gasteiger partial charge on any atom is 0.309 e. The summed E-state index contributed by atoms with van der Waals surface area (Å²) in [4.78, 5) is 14.5. The first kappa shape index (κ1) is 13.8. The van der Waals surface area contributed by atoms with Gasteiger partial charge in [0.05, 0.1) is 13.0 Å². The number of nitrogens with zero attached hydrogens (tertiary/aromatic N) is 1. The Morgan fingerprint density at radius 1 is 1.28 bits per heavy atom. The second-order valence-electron chi connectivity index (χ2n) is 5.80. The zero-order valence-electron chi connectivity index (χ0n) is 11.7. The molecule has 2 unspecified atom stereocenters. The number of methoxy groups -OCH3 is 1. The summed E-state index contributed by atoms with van der Waals surface area (Å²) in [6.45, 7) is 4.29. The van der Waals surface area contributed by atoms with Crippen LogP contribution in [0.5, 0.6) is 0 Å². The third-order valence-electron chi connectivity index (χ3n) is 4.53. The van der Waals surface area contributed by atoms with Gasteiger partial charge in [0.1, 0.15) is 0 Å². The first-order valence-electron chi connectivity index (χ1n) is 7.19. The van der Waals surface area contributed by atoms with E-state index >= 15 is 0 Å². The molecule has 104 valence electrons. The highest BCUT2D eigenvalue weighted by Crippen LogP contribution is 2.34. The number of ether oxygens (including phenoxy) is 1. The molecule has 18 heavy (non-hydrogen) atoms. The van der Waals surface area contributed by atoms with Crippen molar-refractivity contribution in [3.63, 3.8) is 0 Å². The maximum absolute atomic E-state index is 12.2. The van der Waals surface area contributed by atoms with E-state index in [0.717, 1.165) is 39.0 Å². The molecule has 0 saturated carbocycles. The Bertz CT molecular complexity index is 277. The van der Waals surface area contributed by atoms with Crippen molar-refractivity contribution in [2.24, 2.45) is 17.8 Å². The van der Waals surface area contributed by atoms with Gasteiger partial charge in [-0.05, 0) is 64.2 Å². The number of likely N-dealkylation sites (tertiary alicyclic amines) is 1. The second kappa shape index (κ2) is 6.53. The van der Waals surface area contributed by atoms with Gasteiger partial charge in [0.15, 0.2) is 0 Å². The minimum Gasteiger partial charge on any atom is -0.469 e. The number of hydrogen-bond acceptors (Lipinski definition) is 4. The van der Waals surface area contributed by atoms with E-state index in [1.807, 2.05) is 0 Å². The van der Waals surface area contributed by atoms with Gasteiger partial charge in [-0.3, -0.25) is 4.79 Å². The monoisotopic (exact) mass is 254 g/mol. The van der Waals surface area contributed by atoms with Crippen LogP contribution in [0, 0.1) is 17.8 Å². The van der Waals surface area contributed by atoms with Crippen LogP contribution in [-0.2, 0) is 9.53 Å². The quantitative estimate of drug-likeness (QED) is 0.766. The summed E-state index contributed by atoms with van der Waals surface area (Å²) >= 11 is 0. The number of piperidine rings is 2. The molecule has 0 aromatic rings. The number of carbonyl (C=O) groups is 1. The zero-order chi connectivity index (χ0) is 13.0. The van der Waals surface area contributed by atoms with Crippen molar-refractivity contribution >= 4 is 5.97 Å². The van der Waals surface area contributed by atoms with Crippen LogP contribution in [-0.4, -0.2) is 51.2 Å². The van der Waals surface area contributed by atoms with E-state index in [0.29, 0.717) is 11.8 Å². The zero-order valence-corrected chi connectivity index (χ0v) is 11.7. The van der Waals surface area contributed by atoms with Crippen molar-refractivity contribution < 1.29 is 9.53 Å². The van der Waals surface area contributed by atoms with Crippen molar-refractivity contribution in [3.8, 4) is 0 Å². The van der Waals surface area contributed by atoms with E-state index in [1.165, 1.54) is 20.0 Å². The third kappa shape index (κ3) is 3.23. The van der Waals surface area contributed by atoms with E-state index < -0.39 is 0 Å². The van der Waals surface area contributed by atoms with Crippen LogP contribution in [0.3, 0.4) is 0 Å². The standard InChI is InChI=1S/C14H26N2O2/c1-16-9-3-4-12(10-16)13(14(17)18-2)11-5-7-15-8-6-11/h11-13,15H,3-10H2,1-2H3. The summed E-state index contributed by atoms with van der Waals surface area (Å²) in [5, 5.41) is 3.38. The highest BCUT2D eigenvalue weighted by molar-refractivity contribution is 5.73. The smallest absolute Gasteiger partial charge is 0.309 e. The first-order chi connectivity index (χ1) is 8.72. The van der Waals surface area contributed by atoms with Crippen molar-refractivity contribution in [1.29, 1.82) is 0 Å². The van der Waals surface area contributed by atoms with Crippen LogP contribution in [0.1, 0.15) is 25.7 Å². The van der Waals surface area contributed by atoms with E-state index in [9.17, 15) is 4.79 Å². The van der Waals surface area contributed by atoms with Crippen LogP contribution >= 0.6 is 0 Å². The highest BCUT2D eigenvalue weighted by Gasteiger charge is 2.38. The number of esters is 1. The Morgan fingerprint density at radius 2 is 2.00 bits per heavy atom. The summed E-state index contributed by atoms with van der Waals surface area (Å²) in [5.74, 6) is 1.12. The lowest BCUT2D eigenvalue weighted by molar-refractivity contribution is -0.151. The average molecular weight is 254 g/mol. The van der Waals surface area contributed by atoms with E-state index in [1.54, 1.807) is 0 Å². The Balaban J connectivity index is 2.05. The summed E-state index contributed by atoms with van der Waals surface area (Å²) < 4.78 is 5.08. The van der Waals surface area contributed by atoms with Gasteiger partial charge in [0, 0.05) is 6.54 Å². The molecular weight excluding hydrogens is 228 g/mol. The Labute approximate surface area is 110 Å². The molecule has 0 aliphatic carbocycles. The predicted octanol–water partition coefficient (Wildman–Crippen LogP) is 1.12. The Morgan fingerprint density at radius 3 is 2.61 bits per heavy atom. The molecule has 0 bridgehead atoms. The van der Waals surface area contributed by atoms with Crippen LogP contribution in [0.15, 0.2) is 0 Å². The molecule has 2 atom stereocenters. The van der Waals surface area contributed by atoms with Gasteiger partial charge in [0.2, 0.25) is 0 Å². The summed E-state index contributed by atoms with van der Waals surface area (Å²) in [5.41, 5.74) is 0. The third-order valence-corrected chi connectivity index (χ3v) is 4.53. The Kier molecular flexibility index (Phi) is 5.01. The molecule has 4 heteroatoms. The molecule has 0 amide bonds. The minimum atomic E-state index is 0.0159. The predicted molar refractivity (Wildman–Crippen MR) is 71.3 cm³/mol. The van der Waals surface area contributed by atoms with Gasteiger partial charge in [-0.15, -0.1) is 0 Å². The fourth-order valence-corrected chi connectivity index (χ4v) is 3.61. The topological polar surface area (TPSA) is 41.6 Å². The summed E-state index contributed by atoms with van der Waals surface area (Å²) in [6.07, 6.45) is 4.60. The highest BCUT2D eigenvalue weighted by atomic mass is 16.5. The molecule has 2 aliphatic heterocycles. The van der Waals surface area contributed by atoms with Crippen molar-refractivity contribution in [3.05, 3.63) is 0 Å². The average Bonchev–Trinajstić information content (AvgIpc) is 2.40. The minimum absolute atomic E-state index is 0.0159. The lowest BCUT2D eigenvalue weighted by Crippen LogP contribution is -2.44. The van der Waals surface area contributed by atoms with Gasteiger partial charge < -0.3 is 15.0 Å². The van der Waals surface area contributed by atoms with Gasteiger partial charge >= 0.3 is 5.97 Å². The van der Waals surface area contributed by atoms with Gasteiger partial charge in [-0.25, -0.2) is 0 Å². The molecule has 0 aromatic heterocycles. The van der Waals surface area contributed by atoms with Crippen LogP contribution in [0.25, 0.3) is 0 Å². The molecule has 2 saturated heterocycles. The lowest BCUT2D eigenvalue weighted by Gasteiger charge is -2.38. The van der Waals surface area contributed by atoms with Crippen molar-refractivity contribution in [2.45, 2.75) is 25.7 Å². The van der Waals surface area contributed by atoms with Gasteiger partial charge in [0.25, 0.3) is 0 Å². The molecule has 4 nitrogen and oxygen atoms in total. The van der Waals surface area contributed by atoms with E-state index in [4.69, 9.17) is 4.74 Å². The molecule has 0 radical (unpaired) electrons. The van der Waals surface area contributed by atoms with Crippen molar-refractivity contribution in [2.75, 3.05) is 40.3 Å². The lowest BCUT2D eigenvalue weighted by atomic mass is 9.74. The van der Waals surface area contributed by atoms with Gasteiger partial charge in [-0.2, -0.15) is 0 Å². The van der Waals surface area contributed by atoms with Crippen LogP contribution in [0.2, 0.25) is 0 Å². The number of nitrogens with one attached hydrogen (secondary N) is 1. The molecule has 1 N–H and O–H groups in total. The number of carbonyl (C=O) groups excluding carboxylic acids is 1. The number of rotatable bonds is 3. The van der Waals surface area contributed by atoms with Crippen LogP contribution in [0.4, 0.5) is 0 Å².